The molecule has 2 amide bonds. The standard InChI is InChI=1S/C18H20N2O2/c1-11-6-4-7-12(2)16(11)20-18(22)15-9-5-8-14(10-15)13(3)17(19)21/h4-10,13H,1-3H3,(H2,19,21)(H,20,22). The number of aryl methyl sites for hydroxylation is 2. The van der Waals surface area contributed by atoms with Crippen LogP contribution in [0, 0.1) is 13.8 Å². The van der Waals surface area contributed by atoms with Crippen molar-refractivity contribution in [2.24, 2.45) is 5.73 Å². The lowest BCUT2D eigenvalue weighted by Gasteiger charge is -2.13. The summed E-state index contributed by atoms with van der Waals surface area (Å²) >= 11 is 0. The maximum atomic E-state index is 12.4. The van der Waals surface area contributed by atoms with Crippen LogP contribution >= 0.6 is 0 Å². The van der Waals surface area contributed by atoms with Crippen LogP contribution in [-0.4, -0.2) is 11.8 Å². The Kier molecular flexibility index (Phi) is 4.61. The van der Waals surface area contributed by atoms with E-state index in [9.17, 15) is 9.59 Å². The largest absolute Gasteiger partial charge is 0.369 e. The molecule has 0 saturated carbocycles. The Morgan fingerprint density at radius 2 is 1.64 bits per heavy atom. The lowest BCUT2D eigenvalue weighted by atomic mass is 9.98. The quantitative estimate of drug-likeness (QED) is 0.909. The molecule has 114 valence electrons. The zero-order valence-corrected chi connectivity index (χ0v) is 13.0. The van der Waals surface area contributed by atoms with Gasteiger partial charge in [0.25, 0.3) is 5.91 Å². The van der Waals surface area contributed by atoms with E-state index in [4.69, 9.17) is 5.73 Å². The molecule has 0 aromatic heterocycles. The van der Waals surface area contributed by atoms with E-state index in [2.05, 4.69) is 5.32 Å². The van der Waals surface area contributed by atoms with Crippen LogP contribution in [0.1, 0.15) is 39.9 Å². The van der Waals surface area contributed by atoms with Crippen LogP contribution in [0.25, 0.3) is 0 Å². The van der Waals surface area contributed by atoms with Gasteiger partial charge in [0.1, 0.15) is 0 Å². The predicted molar refractivity (Wildman–Crippen MR) is 87.9 cm³/mol. The van der Waals surface area contributed by atoms with Crippen LogP contribution in [-0.2, 0) is 4.79 Å². The van der Waals surface area contributed by atoms with Gasteiger partial charge in [0.05, 0.1) is 5.92 Å². The second-order valence-electron chi connectivity index (χ2n) is 5.47. The summed E-state index contributed by atoms with van der Waals surface area (Å²) in [6.07, 6.45) is 0. The number of nitrogens with two attached hydrogens (primary N) is 1. The minimum Gasteiger partial charge on any atom is -0.369 e. The van der Waals surface area contributed by atoms with Gasteiger partial charge in [-0.15, -0.1) is 0 Å². The van der Waals surface area contributed by atoms with Crippen LogP contribution in [0.3, 0.4) is 0 Å². The van der Waals surface area contributed by atoms with Gasteiger partial charge in [-0.3, -0.25) is 9.59 Å². The first-order valence-electron chi connectivity index (χ1n) is 7.17. The molecule has 0 aliphatic rings. The molecule has 3 N–H and O–H groups in total. The maximum absolute atomic E-state index is 12.4. The first-order valence-corrected chi connectivity index (χ1v) is 7.17. The van der Waals surface area contributed by atoms with Crippen molar-refractivity contribution in [3.8, 4) is 0 Å². The van der Waals surface area contributed by atoms with E-state index >= 15 is 0 Å². The Morgan fingerprint density at radius 3 is 2.23 bits per heavy atom. The molecule has 2 rings (SSSR count). The van der Waals surface area contributed by atoms with Gasteiger partial charge < -0.3 is 11.1 Å². The van der Waals surface area contributed by atoms with Crippen molar-refractivity contribution in [3.63, 3.8) is 0 Å². The number of amides is 2. The van der Waals surface area contributed by atoms with E-state index in [0.717, 1.165) is 22.4 Å². The Hall–Kier alpha value is -2.62. The van der Waals surface area contributed by atoms with E-state index in [0.29, 0.717) is 5.56 Å². The van der Waals surface area contributed by atoms with Crippen LogP contribution < -0.4 is 11.1 Å². The van der Waals surface area contributed by atoms with Gasteiger partial charge >= 0.3 is 0 Å². The van der Waals surface area contributed by atoms with Gasteiger partial charge in [0.15, 0.2) is 0 Å². The molecule has 1 atom stereocenters. The lowest BCUT2D eigenvalue weighted by molar-refractivity contribution is -0.119. The summed E-state index contributed by atoms with van der Waals surface area (Å²) in [5.74, 6) is -1.03. The van der Waals surface area contributed by atoms with Crippen LogP contribution in [0.5, 0.6) is 0 Å². The van der Waals surface area contributed by atoms with Crippen molar-refractivity contribution in [1.82, 2.24) is 0 Å². The third-order valence-electron chi connectivity index (χ3n) is 3.80. The number of hydrogen-bond acceptors (Lipinski definition) is 2. The number of nitrogens with one attached hydrogen (secondary N) is 1. The second kappa shape index (κ2) is 6.43. The molecule has 4 nitrogen and oxygen atoms in total. The SMILES string of the molecule is Cc1cccc(C)c1NC(=O)c1cccc(C(C)C(N)=O)c1. The van der Waals surface area contributed by atoms with Crippen molar-refractivity contribution in [1.29, 1.82) is 0 Å². The average molecular weight is 296 g/mol. The summed E-state index contributed by atoms with van der Waals surface area (Å²) in [4.78, 5) is 23.7. The Morgan fingerprint density at radius 1 is 1.05 bits per heavy atom. The molecule has 2 aromatic rings. The summed E-state index contributed by atoms with van der Waals surface area (Å²) in [6, 6.07) is 12.8. The molecule has 0 fully saturated rings. The summed E-state index contributed by atoms with van der Waals surface area (Å²) in [6.45, 7) is 5.63. The average Bonchev–Trinajstić information content (AvgIpc) is 2.50. The highest BCUT2D eigenvalue weighted by Crippen LogP contribution is 2.21. The third kappa shape index (κ3) is 3.34. The van der Waals surface area contributed by atoms with Gasteiger partial charge in [-0.1, -0.05) is 30.3 Å². The second-order valence-corrected chi connectivity index (χ2v) is 5.47. The normalized spacial score (nSPS) is 11.8. The first-order chi connectivity index (χ1) is 10.4. The molecule has 0 aliphatic carbocycles. The third-order valence-corrected chi connectivity index (χ3v) is 3.80. The van der Waals surface area contributed by atoms with Crippen molar-refractivity contribution in [3.05, 3.63) is 64.7 Å². The number of anilines is 1. The van der Waals surface area contributed by atoms with Gasteiger partial charge in [-0.05, 0) is 49.6 Å². The number of carbonyl (C=O) groups is 2. The monoisotopic (exact) mass is 296 g/mol. The van der Waals surface area contributed by atoms with Gasteiger partial charge in [0, 0.05) is 11.3 Å². The van der Waals surface area contributed by atoms with Crippen molar-refractivity contribution in [2.45, 2.75) is 26.7 Å². The minimum atomic E-state index is -0.423. The number of benzene rings is 2. The molecule has 0 heterocycles. The lowest BCUT2D eigenvalue weighted by Crippen LogP contribution is -2.19. The fourth-order valence-electron chi connectivity index (χ4n) is 2.31. The molecule has 0 aliphatic heterocycles. The van der Waals surface area contributed by atoms with Gasteiger partial charge in [0.2, 0.25) is 5.91 Å². The van der Waals surface area contributed by atoms with E-state index in [1.165, 1.54) is 0 Å². The minimum absolute atomic E-state index is 0.198. The molecule has 0 radical (unpaired) electrons. The number of carbonyl (C=O) groups excluding carboxylic acids is 2. The highest BCUT2D eigenvalue weighted by molar-refractivity contribution is 6.05. The number of rotatable bonds is 4. The number of para-hydroxylation sites is 1. The summed E-state index contributed by atoms with van der Waals surface area (Å²) < 4.78 is 0. The Balaban J connectivity index is 2.27. The molecular formula is C18H20N2O2. The first kappa shape index (κ1) is 15.8. The van der Waals surface area contributed by atoms with E-state index in [1.54, 1.807) is 31.2 Å². The molecule has 4 heteroatoms. The van der Waals surface area contributed by atoms with Crippen LogP contribution in [0.4, 0.5) is 5.69 Å². The van der Waals surface area contributed by atoms with Crippen LogP contribution in [0.2, 0.25) is 0 Å². The smallest absolute Gasteiger partial charge is 0.255 e. The van der Waals surface area contributed by atoms with E-state index in [-0.39, 0.29) is 5.91 Å². The summed E-state index contributed by atoms with van der Waals surface area (Å²) in [7, 11) is 0. The van der Waals surface area contributed by atoms with Crippen molar-refractivity contribution >= 4 is 17.5 Å². The molecule has 0 spiro atoms. The number of primary amides is 1. The van der Waals surface area contributed by atoms with E-state index < -0.39 is 11.8 Å². The van der Waals surface area contributed by atoms with E-state index in [1.807, 2.05) is 32.0 Å². The molecule has 22 heavy (non-hydrogen) atoms. The highest BCUT2D eigenvalue weighted by Gasteiger charge is 2.15. The maximum Gasteiger partial charge on any atom is 0.255 e. The van der Waals surface area contributed by atoms with Gasteiger partial charge in [-0.25, -0.2) is 0 Å². The molecular weight excluding hydrogens is 276 g/mol. The van der Waals surface area contributed by atoms with Gasteiger partial charge in [-0.2, -0.15) is 0 Å². The van der Waals surface area contributed by atoms with Crippen LogP contribution in [0.15, 0.2) is 42.5 Å². The Labute approximate surface area is 130 Å². The zero-order chi connectivity index (χ0) is 16.3. The Bertz CT molecular complexity index is 703. The number of hydrogen-bond donors (Lipinski definition) is 2. The summed E-state index contributed by atoms with van der Waals surface area (Å²) in [5, 5.41) is 2.94. The molecule has 1 unspecified atom stereocenters. The molecule has 0 bridgehead atoms. The van der Waals surface area contributed by atoms with Crippen molar-refractivity contribution in [2.75, 3.05) is 5.32 Å². The summed E-state index contributed by atoms with van der Waals surface area (Å²) in [5.41, 5.74) is 9.40. The fraction of sp³-hybridized carbons (Fsp3) is 0.222. The van der Waals surface area contributed by atoms with Crippen molar-refractivity contribution < 1.29 is 9.59 Å². The highest BCUT2D eigenvalue weighted by atomic mass is 16.2. The fourth-order valence-corrected chi connectivity index (χ4v) is 2.31. The molecule has 2 aromatic carbocycles. The molecule has 0 saturated heterocycles. The topological polar surface area (TPSA) is 72.2 Å². The zero-order valence-electron chi connectivity index (χ0n) is 13.0. The predicted octanol–water partition coefficient (Wildman–Crippen LogP) is 3.14.